The highest BCUT2D eigenvalue weighted by atomic mass is 79.9. The molecule has 0 radical (unpaired) electrons. The zero-order chi connectivity index (χ0) is 12.7. The molecule has 3 rings (SSSR count). The van der Waals surface area contributed by atoms with Crippen molar-refractivity contribution in [2.45, 2.75) is 6.04 Å². The van der Waals surface area contributed by atoms with Crippen LogP contribution >= 0.6 is 15.9 Å². The Balaban J connectivity index is 2.15. The smallest absolute Gasteiger partial charge is 0.153 e. The summed E-state index contributed by atoms with van der Waals surface area (Å²) in [5.41, 5.74) is 9.05. The fourth-order valence-electron chi connectivity index (χ4n) is 2.01. The van der Waals surface area contributed by atoms with Gasteiger partial charge in [0.25, 0.3) is 0 Å². The van der Waals surface area contributed by atoms with E-state index >= 15 is 0 Å². The van der Waals surface area contributed by atoms with Crippen molar-refractivity contribution in [3.05, 3.63) is 46.5 Å². The van der Waals surface area contributed by atoms with Gasteiger partial charge in [0.2, 0.25) is 0 Å². The van der Waals surface area contributed by atoms with E-state index in [0.717, 1.165) is 16.8 Å². The van der Waals surface area contributed by atoms with E-state index in [4.69, 9.17) is 5.73 Å². The van der Waals surface area contributed by atoms with Crippen molar-refractivity contribution in [1.29, 1.82) is 0 Å². The van der Waals surface area contributed by atoms with Gasteiger partial charge in [0.15, 0.2) is 4.60 Å². The molecule has 0 aromatic carbocycles. The van der Waals surface area contributed by atoms with Gasteiger partial charge < -0.3 is 5.73 Å². The van der Waals surface area contributed by atoms with E-state index in [1.54, 1.807) is 15.4 Å². The van der Waals surface area contributed by atoms with E-state index in [1.165, 1.54) is 0 Å². The Morgan fingerprint density at radius 1 is 1.39 bits per heavy atom. The van der Waals surface area contributed by atoms with Crippen LogP contribution in [0, 0.1) is 0 Å². The number of aromatic nitrogens is 5. The summed E-state index contributed by atoms with van der Waals surface area (Å²) in [7, 11) is 1.82. The number of nitrogens with zero attached hydrogens (tertiary/aromatic N) is 5. The van der Waals surface area contributed by atoms with Crippen molar-refractivity contribution in [3.8, 4) is 0 Å². The van der Waals surface area contributed by atoms with Crippen LogP contribution in [-0.2, 0) is 7.05 Å². The second kappa shape index (κ2) is 4.18. The van der Waals surface area contributed by atoms with Crippen LogP contribution in [0.15, 0.2) is 35.2 Å². The van der Waals surface area contributed by atoms with Gasteiger partial charge in [-0.3, -0.25) is 0 Å². The monoisotopic (exact) mass is 306 g/mol. The van der Waals surface area contributed by atoms with Crippen molar-refractivity contribution in [1.82, 2.24) is 24.6 Å². The third-order valence-corrected chi connectivity index (χ3v) is 3.48. The quantitative estimate of drug-likeness (QED) is 0.774. The number of hydrogen-bond donors (Lipinski definition) is 1. The SMILES string of the molecule is Cn1nnc(Br)c1C(N)c1cnn2ccccc12. The molecule has 0 amide bonds. The van der Waals surface area contributed by atoms with Crippen molar-refractivity contribution < 1.29 is 0 Å². The van der Waals surface area contributed by atoms with Crippen molar-refractivity contribution in [2.75, 3.05) is 0 Å². The van der Waals surface area contributed by atoms with Gasteiger partial charge >= 0.3 is 0 Å². The van der Waals surface area contributed by atoms with Gasteiger partial charge in [0.05, 0.1) is 23.4 Å². The lowest BCUT2D eigenvalue weighted by molar-refractivity contribution is 0.652. The molecule has 0 saturated heterocycles. The Morgan fingerprint density at radius 3 is 2.94 bits per heavy atom. The summed E-state index contributed by atoms with van der Waals surface area (Å²) < 4.78 is 4.13. The molecule has 1 unspecified atom stereocenters. The Kier molecular flexibility index (Phi) is 2.64. The highest BCUT2D eigenvalue weighted by molar-refractivity contribution is 9.10. The molecule has 92 valence electrons. The molecule has 3 aromatic heterocycles. The number of aryl methyl sites for hydroxylation is 1. The molecular weight excluding hydrogens is 296 g/mol. The minimum atomic E-state index is -0.320. The van der Waals surface area contributed by atoms with Crippen molar-refractivity contribution in [3.63, 3.8) is 0 Å². The summed E-state index contributed by atoms with van der Waals surface area (Å²) in [5, 5.41) is 12.2. The van der Waals surface area contributed by atoms with Crippen molar-refractivity contribution in [2.24, 2.45) is 12.8 Å². The standard InChI is InChI=1S/C11H11BrN6/c1-17-10(11(12)15-16-17)9(13)7-6-14-18-5-3-2-4-8(7)18/h2-6,9H,13H2,1H3. The summed E-state index contributed by atoms with van der Waals surface area (Å²) in [6.45, 7) is 0. The summed E-state index contributed by atoms with van der Waals surface area (Å²) in [5.74, 6) is 0. The number of hydrogen-bond acceptors (Lipinski definition) is 4. The molecule has 0 fully saturated rings. The van der Waals surface area contributed by atoms with Gasteiger partial charge in [-0.15, -0.1) is 5.10 Å². The second-order valence-corrected chi connectivity index (χ2v) is 4.75. The highest BCUT2D eigenvalue weighted by Crippen LogP contribution is 2.27. The number of nitrogens with two attached hydrogens (primary N) is 1. The molecule has 18 heavy (non-hydrogen) atoms. The van der Waals surface area contributed by atoms with Crippen LogP contribution in [-0.4, -0.2) is 24.6 Å². The third kappa shape index (κ3) is 1.63. The Hall–Kier alpha value is -1.73. The minimum Gasteiger partial charge on any atom is -0.319 e. The number of rotatable bonds is 2. The number of pyridine rings is 1. The van der Waals surface area contributed by atoms with E-state index in [1.807, 2.05) is 31.4 Å². The Labute approximate surface area is 112 Å². The summed E-state index contributed by atoms with van der Waals surface area (Å²) in [4.78, 5) is 0. The average Bonchev–Trinajstić information content (AvgIpc) is 2.93. The maximum Gasteiger partial charge on any atom is 0.153 e. The molecule has 0 spiro atoms. The predicted molar refractivity (Wildman–Crippen MR) is 69.9 cm³/mol. The predicted octanol–water partition coefficient (Wildman–Crippen LogP) is 1.27. The molecule has 0 aliphatic carbocycles. The molecule has 3 heterocycles. The van der Waals surface area contributed by atoms with Gasteiger partial charge in [-0.25, -0.2) is 9.20 Å². The number of fused-ring (bicyclic) bond motifs is 1. The van der Waals surface area contributed by atoms with Crippen LogP contribution in [0.5, 0.6) is 0 Å². The summed E-state index contributed by atoms with van der Waals surface area (Å²) >= 11 is 3.37. The Morgan fingerprint density at radius 2 is 2.22 bits per heavy atom. The fourth-order valence-corrected chi connectivity index (χ4v) is 2.58. The van der Waals surface area contributed by atoms with Crippen LogP contribution < -0.4 is 5.73 Å². The fraction of sp³-hybridized carbons (Fsp3) is 0.182. The first kappa shape index (κ1) is 11.4. The van der Waals surface area contributed by atoms with Gasteiger partial charge in [0.1, 0.15) is 0 Å². The molecule has 0 saturated carbocycles. The molecule has 0 aliphatic heterocycles. The first-order valence-electron chi connectivity index (χ1n) is 5.41. The third-order valence-electron chi connectivity index (χ3n) is 2.91. The largest absolute Gasteiger partial charge is 0.319 e. The van der Waals surface area contributed by atoms with Crippen LogP contribution in [0.25, 0.3) is 5.52 Å². The van der Waals surface area contributed by atoms with E-state index in [9.17, 15) is 0 Å². The van der Waals surface area contributed by atoms with Gasteiger partial charge in [0, 0.05) is 18.8 Å². The summed E-state index contributed by atoms with van der Waals surface area (Å²) in [6.07, 6.45) is 3.67. The molecule has 3 aromatic rings. The first-order valence-corrected chi connectivity index (χ1v) is 6.20. The van der Waals surface area contributed by atoms with Gasteiger partial charge in [-0.2, -0.15) is 5.10 Å². The average molecular weight is 307 g/mol. The molecule has 0 bridgehead atoms. The molecule has 1 atom stereocenters. The lowest BCUT2D eigenvalue weighted by atomic mass is 10.1. The zero-order valence-electron chi connectivity index (χ0n) is 9.66. The van der Waals surface area contributed by atoms with Crippen LogP contribution in [0.3, 0.4) is 0 Å². The van der Waals surface area contributed by atoms with Crippen LogP contribution in [0.2, 0.25) is 0 Å². The highest BCUT2D eigenvalue weighted by Gasteiger charge is 2.21. The van der Waals surface area contributed by atoms with E-state index < -0.39 is 0 Å². The van der Waals surface area contributed by atoms with E-state index in [0.29, 0.717) is 4.60 Å². The zero-order valence-corrected chi connectivity index (χ0v) is 11.2. The maximum absolute atomic E-state index is 6.29. The second-order valence-electron chi connectivity index (χ2n) is 4.00. The molecular formula is C11H11BrN6. The Bertz CT molecular complexity index is 681. The number of halogens is 1. The molecule has 6 nitrogen and oxygen atoms in total. The minimum absolute atomic E-state index is 0.320. The normalized spacial score (nSPS) is 13.1. The topological polar surface area (TPSA) is 74.0 Å². The maximum atomic E-state index is 6.29. The van der Waals surface area contributed by atoms with Gasteiger partial charge in [-0.05, 0) is 28.1 Å². The van der Waals surface area contributed by atoms with Crippen LogP contribution in [0.1, 0.15) is 17.3 Å². The summed E-state index contributed by atoms with van der Waals surface area (Å²) in [6, 6.07) is 5.56. The van der Waals surface area contributed by atoms with E-state index in [2.05, 4.69) is 31.3 Å². The first-order chi connectivity index (χ1) is 8.68. The van der Waals surface area contributed by atoms with Crippen LogP contribution in [0.4, 0.5) is 0 Å². The van der Waals surface area contributed by atoms with Gasteiger partial charge in [-0.1, -0.05) is 11.3 Å². The molecule has 7 heteroatoms. The lowest BCUT2D eigenvalue weighted by Gasteiger charge is -2.10. The molecule has 0 aliphatic rings. The lowest BCUT2D eigenvalue weighted by Crippen LogP contribution is -2.16. The van der Waals surface area contributed by atoms with E-state index in [-0.39, 0.29) is 6.04 Å². The van der Waals surface area contributed by atoms with Crippen molar-refractivity contribution >= 4 is 21.4 Å². The molecule has 2 N–H and O–H groups in total.